The van der Waals surface area contributed by atoms with E-state index in [4.69, 9.17) is 0 Å². The molecule has 142 valence electrons. The van der Waals surface area contributed by atoms with Crippen LogP contribution in [0.25, 0.3) is 0 Å². The van der Waals surface area contributed by atoms with Crippen molar-refractivity contribution in [3.8, 4) is 0 Å². The Kier molecular flexibility index (Phi) is 6.77. The van der Waals surface area contributed by atoms with E-state index in [-0.39, 0.29) is 17.7 Å². The lowest BCUT2D eigenvalue weighted by atomic mass is 10.0. The summed E-state index contributed by atoms with van der Waals surface area (Å²) < 4.78 is 0. The third kappa shape index (κ3) is 5.31. The van der Waals surface area contributed by atoms with E-state index in [9.17, 15) is 14.4 Å². The molecular weight excluding hydrogens is 330 g/mol. The van der Waals surface area contributed by atoms with Gasteiger partial charge in [-0.1, -0.05) is 19.9 Å². The van der Waals surface area contributed by atoms with Crippen LogP contribution in [0.4, 0.5) is 5.69 Å². The van der Waals surface area contributed by atoms with Gasteiger partial charge in [0.05, 0.1) is 0 Å². The lowest BCUT2D eigenvalue weighted by molar-refractivity contribution is -0.130. The van der Waals surface area contributed by atoms with Crippen LogP contribution in [0.3, 0.4) is 0 Å². The fraction of sp³-hybridized carbons (Fsp3) is 0.550. The quantitative estimate of drug-likeness (QED) is 0.813. The minimum atomic E-state index is -0.0798. The lowest BCUT2D eigenvalue weighted by Gasteiger charge is -2.22. The smallest absolute Gasteiger partial charge is 0.253 e. The molecule has 0 aliphatic carbocycles. The molecule has 2 rings (SSSR count). The number of nitrogens with one attached hydrogen (secondary N) is 1. The number of benzene rings is 1. The van der Waals surface area contributed by atoms with Gasteiger partial charge in [-0.3, -0.25) is 14.4 Å². The zero-order valence-electron chi connectivity index (χ0n) is 16.2. The topological polar surface area (TPSA) is 69.7 Å². The van der Waals surface area contributed by atoms with Crippen molar-refractivity contribution in [2.24, 2.45) is 5.92 Å². The number of carbonyl (C=O) groups excluding carboxylic acids is 3. The molecule has 0 saturated carbocycles. The summed E-state index contributed by atoms with van der Waals surface area (Å²) in [7, 11) is 3.56. The standard InChI is InChI=1S/C20H29N3O3/c1-14(2)12-19(25)22(3)10-5-11-23(4)20(26)16-7-6-15-8-9-18(24)21-17(15)13-16/h6-7,13-14H,5,8-12H2,1-4H3,(H,21,24). The second-order valence-corrected chi connectivity index (χ2v) is 7.41. The summed E-state index contributed by atoms with van der Waals surface area (Å²) in [6.07, 6.45) is 2.47. The minimum absolute atomic E-state index is 0.00967. The lowest BCUT2D eigenvalue weighted by Crippen LogP contribution is -2.33. The summed E-state index contributed by atoms with van der Waals surface area (Å²) >= 11 is 0. The van der Waals surface area contributed by atoms with Crippen molar-refractivity contribution in [3.05, 3.63) is 29.3 Å². The number of aryl methyl sites for hydroxylation is 1. The first-order chi connectivity index (χ1) is 12.3. The molecule has 1 aliphatic heterocycles. The summed E-state index contributed by atoms with van der Waals surface area (Å²) in [4.78, 5) is 39.5. The first-order valence-corrected chi connectivity index (χ1v) is 9.20. The van der Waals surface area contributed by atoms with Gasteiger partial charge in [-0.15, -0.1) is 0 Å². The zero-order valence-corrected chi connectivity index (χ0v) is 16.2. The van der Waals surface area contributed by atoms with Crippen LogP contribution in [0.15, 0.2) is 18.2 Å². The van der Waals surface area contributed by atoms with E-state index in [1.807, 2.05) is 26.0 Å². The van der Waals surface area contributed by atoms with Crippen LogP contribution in [0.1, 0.15) is 49.0 Å². The van der Waals surface area contributed by atoms with Gasteiger partial charge in [-0.05, 0) is 36.5 Å². The van der Waals surface area contributed by atoms with Crippen LogP contribution in [0, 0.1) is 5.92 Å². The number of nitrogens with zero attached hydrogens (tertiary/aromatic N) is 2. The Morgan fingerprint density at radius 1 is 1.12 bits per heavy atom. The highest BCUT2D eigenvalue weighted by Gasteiger charge is 2.18. The summed E-state index contributed by atoms with van der Waals surface area (Å²) in [5, 5.41) is 2.83. The number of anilines is 1. The molecule has 0 aromatic heterocycles. The summed E-state index contributed by atoms with van der Waals surface area (Å²) in [5.41, 5.74) is 2.37. The second kappa shape index (κ2) is 8.83. The molecule has 1 heterocycles. The van der Waals surface area contributed by atoms with Gasteiger partial charge in [0.15, 0.2) is 0 Å². The first kappa shape index (κ1) is 19.9. The number of amides is 3. The fourth-order valence-corrected chi connectivity index (χ4v) is 3.00. The van der Waals surface area contributed by atoms with Crippen molar-refractivity contribution in [1.29, 1.82) is 0 Å². The molecule has 1 aromatic carbocycles. The van der Waals surface area contributed by atoms with E-state index in [1.54, 1.807) is 30.0 Å². The normalized spacial score (nSPS) is 13.2. The van der Waals surface area contributed by atoms with E-state index in [0.29, 0.717) is 43.8 Å². The third-order valence-corrected chi connectivity index (χ3v) is 4.59. The van der Waals surface area contributed by atoms with Crippen molar-refractivity contribution in [2.45, 2.75) is 39.5 Å². The van der Waals surface area contributed by atoms with Gasteiger partial charge in [0.1, 0.15) is 0 Å². The van der Waals surface area contributed by atoms with Crippen molar-refractivity contribution in [1.82, 2.24) is 9.80 Å². The van der Waals surface area contributed by atoms with E-state index in [2.05, 4.69) is 5.32 Å². The maximum absolute atomic E-state index is 12.6. The van der Waals surface area contributed by atoms with Crippen LogP contribution >= 0.6 is 0 Å². The number of carbonyl (C=O) groups is 3. The largest absolute Gasteiger partial charge is 0.346 e. The van der Waals surface area contributed by atoms with Crippen molar-refractivity contribution in [3.63, 3.8) is 0 Å². The van der Waals surface area contributed by atoms with Crippen LogP contribution in [0.5, 0.6) is 0 Å². The van der Waals surface area contributed by atoms with Crippen molar-refractivity contribution in [2.75, 3.05) is 32.5 Å². The molecule has 1 N–H and O–H groups in total. The SMILES string of the molecule is CC(C)CC(=O)N(C)CCCN(C)C(=O)c1ccc2c(c1)NC(=O)CC2. The number of rotatable bonds is 7. The molecule has 6 nitrogen and oxygen atoms in total. The molecule has 1 aromatic rings. The molecule has 0 spiro atoms. The molecule has 0 fully saturated rings. The fourth-order valence-electron chi connectivity index (χ4n) is 3.00. The molecule has 6 heteroatoms. The van der Waals surface area contributed by atoms with Gasteiger partial charge in [0, 0.05) is 51.3 Å². The predicted octanol–water partition coefficient (Wildman–Crippen LogP) is 2.54. The second-order valence-electron chi connectivity index (χ2n) is 7.41. The van der Waals surface area contributed by atoms with E-state index in [1.165, 1.54) is 0 Å². The summed E-state index contributed by atoms with van der Waals surface area (Å²) in [6, 6.07) is 5.48. The maximum Gasteiger partial charge on any atom is 0.253 e. The predicted molar refractivity (Wildman–Crippen MR) is 102 cm³/mol. The minimum Gasteiger partial charge on any atom is -0.346 e. The van der Waals surface area contributed by atoms with E-state index < -0.39 is 0 Å². The molecule has 0 bridgehead atoms. The average Bonchev–Trinajstić information content (AvgIpc) is 2.59. The Labute approximate surface area is 155 Å². The molecule has 26 heavy (non-hydrogen) atoms. The first-order valence-electron chi connectivity index (χ1n) is 9.20. The Hall–Kier alpha value is -2.37. The highest BCUT2D eigenvalue weighted by Crippen LogP contribution is 2.24. The van der Waals surface area contributed by atoms with E-state index in [0.717, 1.165) is 17.7 Å². The van der Waals surface area contributed by atoms with Gasteiger partial charge in [0.2, 0.25) is 11.8 Å². The molecule has 0 radical (unpaired) electrons. The van der Waals surface area contributed by atoms with Gasteiger partial charge >= 0.3 is 0 Å². The van der Waals surface area contributed by atoms with Gasteiger partial charge in [-0.25, -0.2) is 0 Å². The molecule has 0 atom stereocenters. The highest BCUT2D eigenvalue weighted by molar-refractivity contribution is 5.98. The number of hydrogen-bond donors (Lipinski definition) is 1. The molecule has 1 aliphatic rings. The Morgan fingerprint density at radius 3 is 2.50 bits per heavy atom. The Balaban J connectivity index is 1.87. The van der Waals surface area contributed by atoms with Gasteiger partial charge < -0.3 is 15.1 Å². The van der Waals surface area contributed by atoms with Crippen LogP contribution < -0.4 is 5.32 Å². The Morgan fingerprint density at radius 2 is 1.81 bits per heavy atom. The number of hydrogen-bond acceptors (Lipinski definition) is 3. The third-order valence-electron chi connectivity index (χ3n) is 4.59. The maximum atomic E-state index is 12.6. The van der Waals surface area contributed by atoms with Crippen LogP contribution in [-0.2, 0) is 16.0 Å². The van der Waals surface area contributed by atoms with Gasteiger partial charge in [0.25, 0.3) is 5.91 Å². The Bertz CT molecular complexity index is 685. The number of fused-ring (bicyclic) bond motifs is 1. The van der Waals surface area contributed by atoms with Crippen LogP contribution in [-0.4, -0.2) is 54.7 Å². The molecule has 0 unspecified atom stereocenters. The van der Waals surface area contributed by atoms with Crippen molar-refractivity contribution < 1.29 is 14.4 Å². The van der Waals surface area contributed by atoms with E-state index >= 15 is 0 Å². The van der Waals surface area contributed by atoms with Crippen LogP contribution in [0.2, 0.25) is 0 Å². The monoisotopic (exact) mass is 359 g/mol. The summed E-state index contributed by atoms with van der Waals surface area (Å²) in [5.74, 6) is 0.395. The average molecular weight is 359 g/mol. The molecular formula is C20H29N3O3. The molecule has 0 saturated heterocycles. The van der Waals surface area contributed by atoms with Crippen molar-refractivity contribution >= 4 is 23.4 Å². The van der Waals surface area contributed by atoms with Gasteiger partial charge in [-0.2, -0.15) is 0 Å². The zero-order chi connectivity index (χ0) is 19.3. The summed E-state index contributed by atoms with van der Waals surface area (Å²) in [6.45, 7) is 5.25. The highest BCUT2D eigenvalue weighted by atomic mass is 16.2. The molecule has 3 amide bonds.